The van der Waals surface area contributed by atoms with Crippen molar-refractivity contribution in [1.29, 1.82) is 0 Å². The van der Waals surface area contributed by atoms with Gasteiger partial charge in [0.25, 0.3) is 5.92 Å². The normalized spacial score (nSPS) is 44.8. The lowest BCUT2D eigenvalue weighted by Gasteiger charge is -2.56. The number of hydrogen-bond donors (Lipinski definition) is 0. The summed E-state index contributed by atoms with van der Waals surface area (Å²) in [5.41, 5.74) is 0.472. The van der Waals surface area contributed by atoms with Crippen molar-refractivity contribution in [3.63, 3.8) is 0 Å². The number of halogens is 2. The highest BCUT2D eigenvalue weighted by Gasteiger charge is 2.65. The SMILES string of the molecule is CC(=O)OC1=CC2=CC[C@@H]3[C@H](CC[C@@]4(C)[C@H]3CCC4(F)F)[C@@]2(C)CC1. The molecule has 0 bridgehead atoms. The summed E-state index contributed by atoms with van der Waals surface area (Å²) in [6.45, 7) is 5.57. The van der Waals surface area contributed by atoms with Gasteiger partial charge in [0.15, 0.2) is 0 Å². The molecular weight excluding hydrogens is 322 g/mol. The van der Waals surface area contributed by atoms with Crippen molar-refractivity contribution in [2.45, 2.75) is 71.6 Å². The molecule has 0 aromatic heterocycles. The molecule has 4 aliphatic rings. The molecule has 0 aromatic carbocycles. The average Bonchev–Trinajstić information content (AvgIpc) is 2.77. The lowest BCUT2D eigenvalue weighted by Crippen LogP contribution is -2.51. The van der Waals surface area contributed by atoms with E-state index in [1.54, 1.807) is 0 Å². The molecule has 0 heterocycles. The summed E-state index contributed by atoms with van der Waals surface area (Å²) in [5, 5.41) is 0. The third kappa shape index (κ3) is 2.35. The molecule has 4 heteroatoms. The minimum Gasteiger partial charge on any atom is -0.431 e. The fraction of sp³-hybridized carbons (Fsp3) is 0.762. The minimum absolute atomic E-state index is 0.0335. The highest BCUT2D eigenvalue weighted by molar-refractivity contribution is 5.67. The van der Waals surface area contributed by atoms with Gasteiger partial charge < -0.3 is 4.74 Å². The standard InChI is InChI=1S/C21H28F2O2/c1-13(24)25-15-6-9-19(2)14(12-15)4-5-16-17(19)7-10-20(3)18(16)8-11-21(20,22)23/h4,12,16-18H,5-11H2,1-3H3/t16-,17+,18+,19+,20+/m1/s1. The molecule has 0 spiro atoms. The van der Waals surface area contributed by atoms with E-state index in [-0.39, 0.29) is 23.7 Å². The molecule has 0 amide bonds. The summed E-state index contributed by atoms with van der Waals surface area (Å²) in [7, 11) is 0. The number of carbonyl (C=O) groups excluding carboxylic acids is 1. The summed E-state index contributed by atoms with van der Waals surface area (Å²) >= 11 is 0. The van der Waals surface area contributed by atoms with Crippen LogP contribution in [0.3, 0.4) is 0 Å². The minimum atomic E-state index is -2.51. The van der Waals surface area contributed by atoms with Gasteiger partial charge in [-0.3, -0.25) is 4.79 Å². The van der Waals surface area contributed by atoms with Crippen LogP contribution in [0.25, 0.3) is 0 Å². The van der Waals surface area contributed by atoms with Crippen LogP contribution >= 0.6 is 0 Å². The number of rotatable bonds is 1. The van der Waals surface area contributed by atoms with Crippen LogP contribution in [0.15, 0.2) is 23.5 Å². The Hall–Kier alpha value is -1.19. The van der Waals surface area contributed by atoms with Crippen molar-refractivity contribution >= 4 is 5.97 Å². The van der Waals surface area contributed by atoms with E-state index in [4.69, 9.17) is 4.74 Å². The van der Waals surface area contributed by atoms with E-state index in [9.17, 15) is 13.6 Å². The maximum atomic E-state index is 14.6. The molecule has 25 heavy (non-hydrogen) atoms. The Bertz CT molecular complexity index is 665. The van der Waals surface area contributed by atoms with E-state index in [2.05, 4.69) is 13.0 Å². The molecule has 2 saturated carbocycles. The molecule has 4 rings (SSSR count). The Kier molecular flexibility index (Phi) is 3.73. The first-order valence-electron chi connectivity index (χ1n) is 9.65. The van der Waals surface area contributed by atoms with E-state index in [0.717, 1.165) is 31.4 Å². The van der Waals surface area contributed by atoms with Crippen LogP contribution in [0.5, 0.6) is 0 Å². The number of alkyl halides is 2. The fourth-order valence-electron chi connectivity index (χ4n) is 6.49. The Balaban J connectivity index is 1.66. The second kappa shape index (κ2) is 5.40. The lowest BCUT2D eigenvalue weighted by atomic mass is 9.48. The van der Waals surface area contributed by atoms with Crippen molar-refractivity contribution in [2.24, 2.45) is 28.6 Å². The van der Waals surface area contributed by atoms with Crippen molar-refractivity contribution < 1.29 is 18.3 Å². The van der Waals surface area contributed by atoms with Crippen molar-refractivity contribution in [2.75, 3.05) is 0 Å². The van der Waals surface area contributed by atoms with Crippen LogP contribution in [0.2, 0.25) is 0 Å². The van der Waals surface area contributed by atoms with E-state index in [1.165, 1.54) is 12.5 Å². The zero-order valence-electron chi connectivity index (χ0n) is 15.4. The van der Waals surface area contributed by atoms with Gasteiger partial charge in [-0.2, -0.15) is 0 Å². The van der Waals surface area contributed by atoms with Gasteiger partial charge in [-0.1, -0.05) is 19.9 Å². The van der Waals surface area contributed by atoms with Crippen molar-refractivity contribution in [3.05, 3.63) is 23.5 Å². The maximum Gasteiger partial charge on any atom is 0.307 e. The van der Waals surface area contributed by atoms with Crippen LogP contribution in [-0.2, 0) is 9.53 Å². The van der Waals surface area contributed by atoms with Crippen LogP contribution in [0.4, 0.5) is 8.78 Å². The number of ether oxygens (including phenoxy) is 1. The Morgan fingerprint density at radius 1 is 1.16 bits per heavy atom. The molecule has 0 saturated heterocycles. The summed E-state index contributed by atoms with van der Waals surface area (Å²) in [6, 6.07) is 0. The first-order chi connectivity index (χ1) is 11.7. The molecule has 138 valence electrons. The topological polar surface area (TPSA) is 26.3 Å². The number of hydrogen-bond acceptors (Lipinski definition) is 2. The first kappa shape index (κ1) is 17.2. The predicted octanol–water partition coefficient (Wildman–Crippen LogP) is 5.64. The van der Waals surface area contributed by atoms with Crippen LogP contribution in [0.1, 0.15) is 65.7 Å². The molecule has 2 fully saturated rings. The molecule has 4 aliphatic carbocycles. The van der Waals surface area contributed by atoms with Gasteiger partial charge in [-0.25, -0.2) is 8.78 Å². The predicted molar refractivity (Wildman–Crippen MR) is 91.9 cm³/mol. The molecule has 2 nitrogen and oxygen atoms in total. The Morgan fingerprint density at radius 2 is 1.88 bits per heavy atom. The van der Waals surface area contributed by atoms with Gasteiger partial charge in [0.05, 0.1) is 0 Å². The number of esters is 1. The van der Waals surface area contributed by atoms with Gasteiger partial charge in [0.1, 0.15) is 5.76 Å². The summed E-state index contributed by atoms with van der Waals surface area (Å²) in [5.74, 6) is -1.06. The molecule has 0 unspecified atom stereocenters. The quantitative estimate of drug-likeness (QED) is 0.572. The molecular formula is C21H28F2O2. The zero-order valence-corrected chi connectivity index (χ0v) is 15.4. The van der Waals surface area contributed by atoms with Gasteiger partial charge in [0, 0.05) is 25.2 Å². The van der Waals surface area contributed by atoms with Gasteiger partial charge in [-0.15, -0.1) is 0 Å². The number of allylic oxidation sites excluding steroid dienone is 4. The van der Waals surface area contributed by atoms with Gasteiger partial charge in [0.2, 0.25) is 0 Å². The fourth-order valence-corrected chi connectivity index (χ4v) is 6.49. The third-order valence-corrected chi connectivity index (χ3v) is 8.00. The smallest absolute Gasteiger partial charge is 0.307 e. The van der Waals surface area contributed by atoms with Crippen molar-refractivity contribution in [3.8, 4) is 0 Å². The maximum absolute atomic E-state index is 14.6. The zero-order chi connectivity index (χ0) is 18.0. The Labute approximate surface area is 148 Å². The van der Waals surface area contributed by atoms with Crippen molar-refractivity contribution in [1.82, 2.24) is 0 Å². The summed E-state index contributed by atoms with van der Waals surface area (Å²) in [4.78, 5) is 11.2. The summed E-state index contributed by atoms with van der Waals surface area (Å²) in [6.07, 6.45) is 9.11. The lowest BCUT2D eigenvalue weighted by molar-refractivity contribution is -0.147. The highest BCUT2D eigenvalue weighted by Crippen LogP contribution is 2.68. The summed E-state index contributed by atoms with van der Waals surface area (Å²) < 4.78 is 34.4. The van der Waals surface area contributed by atoms with E-state index < -0.39 is 11.3 Å². The molecule has 0 aliphatic heterocycles. The molecule has 0 N–H and O–H groups in total. The monoisotopic (exact) mass is 350 g/mol. The first-order valence-corrected chi connectivity index (χ1v) is 9.65. The van der Waals surface area contributed by atoms with Gasteiger partial charge >= 0.3 is 5.97 Å². The molecule has 5 atom stereocenters. The second-order valence-electron chi connectivity index (χ2n) is 9.09. The van der Waals surface area contributed by atoms with Gasteiger partial charge in [-0.05, 0) is 66.9 Å². The van der Waals surface area contributed by atoms with Crippen LogP contribution < -0.4 is 0 Å². The third-order valence-electron chi connectivity index (χ3n) is 8.00. The van der Waals surface area contributed by atoms with Crippen LogP contribution in [0, 0.1) is 28.6 Å². The van der Waals surface area contributed by atoms with E-state index in [0.29, 0.717) is 24.7 Å². The largest absolute Gasteiger partial charge is 0.431 e. The van der Waals surface area contributed by atoms with E-state index in [1.807, 2.05) is 13.0 Å². The van der Waals surface area contributed by atoms with E-state index >= 15 is 0 Å². The average molecular weight is 350 g/mol. The second-order valence-corrected chi connectivity index (χ2v) is 9.09. The Morgan fingerprint density at radius 3 is 2.60 bits per heavy atom. The molecule has 0 radical (unpaired) electrons. The van der Waals surface area contributed by atoms with Crippen LogP contribution in [-0.4, -0.2) is 11.9 Å². The number of fused-ring (bicyclic) bond motifs is 5. The number of carbonyl (C=O) groups is 1. The highest BCUT2D eigenvalue weighted by atomic mass is 19.3. The molecule has 0 aromatic rings.